The Kier molecular flexibility index (Phi) is 4.06. The number of nitrogens with zero attached hydrogens (tertiary/aromatic N) is 2. The van der Waals surface area contributed by atoms with E-state index in [1.54, 1.807) is 18.2 Å². The van der Waals surface area contributed by atoms with Gasteiger partial charge in [-0.05, 0) is 23.8 Å². The number of pyridine rings is 1. The summed E-state index contributed by atoms with van der Waals surface area (Å²) in [6, 6.07) is 9.40. The minimum Gasteiger partial charge on any atom is -0.477 e. The van der Waals surface area contributed by atoms with E-state index in [2.05, 4.69) is 4.98 Å². The van der Waals surface area contributed by atoms with Crippen LogP contribution in [0.2, 0.25) is 0 Å². The number of hydrogen-bond acceptors (Lipinski definition) is 4. The molecule has 21 heavy (non-hydrogen) atoms. The van der Waals surface area contributed by atoms with Crippen molar-refractivity contribution in [2.75, 3.05) is 14.1 Å². The third kappa shape index (κ3) is 3.09. The van der Waals surface area contributed by atoms with Gasteiger partial charge in [-0.3, -0.25) is 0 Å². The summed E-state index contributed by atoms with van der Waals surface area (Å²) in [4.78, 5) is 14.8. The molecule has 0 aliphatic carbocycles. The molecule has 6 nitrogen and oxygen atoms in total. The molecule has 1 N–H and O–H groups in total. The van der Waals surface area contributed by atoms with Crippen molar-refractivity contribution < 1.29 is 18.3 Å². The molecule has 0 saturated heterocycles. The van der Waals surface area contributed by atoms with Gasteiger partial charge in [-0.25, -0.2) is 22.5 Å². The predicted octanol–water partition coefficient (Wildman–Crippen LogP) is 1.70. The average molecular weight is 306 g/mol. The van der Waals surface area contributed by atoms with E-state index >= 15 is 0 Å². The van der Waals surface area contributed by atoms with Crippen LogP contribution in [0, 0.1) is 0 Å². The standard InChI is InChI=1S/C14H14N2O4S/c1-16(2)21(19,20)12-5-3-4-10(8-12)11-6-7-13(14(17)18)15-9-11/h3-9H,1-2H3,(H,17,18). The Bertz CT molecular complexity index is 768. The first kappa shape index (κ1) is 15.1. The first-order valence-corrected chi connectivity index (χ1v) is 7.48. The molecule has 110 valence electrons. The van der Waals surface area contributed by atoms with Crippen LogP contribution in [-0.2, 0) is 10.0 Å². The van der Waals surface area contributed by atoms with Crippen LogP contribution in [0.25, 0.3) is 11.1 Å². The SMILES string of the molecule is CN(C)S(=O)(=O)c1cccc(-c2ccc(C(=O)O)nc2)c1. The lowest BCUT2D eigenvalue weighted by Gasteiger charge is -2.12. The molecule has 0 saturated carbocycles. The molecular formula is C14H14N2O4S. The molecule has 1 heterocycles. The Balaban J connectivity index is 2.44. The lowest BCUT2D eigenvalue weighted by Crippen LogP contribution is -2.22. The normalized spacial score (nSPS) is 11.6. The van der Waals surface area contributed by atoms with Crippen LogP contribution in [0.5, 0.6) is 0 Å². The minimum absolute atomic E-state index is 0.0594. The topological polar surface area (TPSA) is 87.6 Å². The summed E-state index contributed by atoms with van der Waals surface area (Å²) in [5.41, 5.74) is 1.24. The van der Waals surface area contributed by atoms with Gasteiger partial charge >= 0.3 is 5.97 Å². The van der Waals surface area contributed by atoms with Gasteiger partial charge in [-0.15, -0.1) is 0 Å². The lowest BCUT2D eigenvalue weighted by atomic mass is 10.1. The van der Waals surface area contributed by atoms with Gasteiger partial charge in [0.25, 0.3) is 0 Å². The largest absolute Gasteiger partial charge is 0.477 e. The van der Waals surface area contributed by atoms with Crippen molar-refractivity contribution in [3.8, 4) is 11.1 Å². The number of carboxylic acids is 1. The Morgan fingerprint density at radius 2 is 1.86 bits per heavy atom. The van der Waals surface area contributed by atoms with Gasteiger partial charge in [0.15, 0.2) is 0 Å². The highest BCUT2D eigenvalue weighted by atomic mass is 32.2. The minimum atomic E-state index is -3.51. The van der Waals surface area contributed by atoms with Crippen LogP contribution >= 0.6 is 0 Å². The molecule has 1 aromatic heterocycles. The molecule has 0 bridgehead atoms. The van der Waals surface area contributed by atoms with E-state index in [-0.39, 0.29) is 10.6 Å². The summed E-state index contributed by atoms with van der Waals surface area (Å²) in [6.45, 7) is 0. The Morgan fingerprint density at radius 3 is 2.38 bits per heavy atom. The van der Waals surface area contributed by atoms with Crippen molar-refractivity contribution >= 4 is 16.0 Å². The highest BCUT2D eigenvalue weighted by molar-refractivity contribution is 7.89. The molecule has 0 amide bonds. The molecule has 7 heteroatoms. The van der Waals surface area contributed by atoms with Crippen molar-refractivity contribution in [1.29, 1.82) is 0 Å². The zero-order chi connectivity index (χ0) is 15.6. The highest BCUT2D eigenvalue weighted by Gasteiger charge is 2.17. The number of carbonyl (C=O) groups is 1. The van der Waals surface area contributed by atoms with Crippen LogP contribution in [-0.4, -0.2) is 42.9 Å². The summed E-state index contributed by atoms with van der Waals surface area (Å²) in [5.74, 6) is -1.11. The zero-order valence-electron chi connectivity index (χ0n) is 11.5. The number of benzene rings is 1. The fourth-order valence-corrected chi connectivity index (χ4v) is 2.69. The monoisotopic (exact) mass is 306 g/mol. The fraction of sp³-hybridized carbons (Fsp3) is 0.143. The number of carboxylic acid groups (broad SMARTS) is 1. The zero-order valence-corrected chi connectivity index (χ0v) is 12.3. The maximum absolute atomic E-state index is 12.1. The van der Waals surface area contributed by atoms with E-state index in [1.807, 2.05) is 0 Å². The molecule has 0 aliphatic rings. The van der Waals surface area contributed by atoms with Gasteiger partial charge in [0.05, 0.1) is 4.90 Å². The van der Waals surface area contributed by atoms with Crippen molar-refractivity contribution in [2.45, 2.75) is 4.90 Å². The molecule has 0 unspecified atom stereocenters. The van der Waals surface area contributed by atoms with Gasteiger partial charge in [0.2, 0.25) is 10.0 Å². The first-order chi connectivity index (χ1) is 9.82. The van der Waals surface area contributed by atoms with Gasteiger partial charge in [0.1, 0.15) is 5.69 Å². The second-order valence-electron chi connectivity index (χ2n) is 4.55. The molecule has 1 aromatic carbocycles. The number of aromatic nitrogens is 1. The van der Waals surface area contributed by atoms with Crippen molar-refractivity contribution in [2.24, 2.45) is 0 Å². The van der Waals surface area contributed by atoms with Crippen molar-refractivity contribution in [3.05, 3.63) is 48.3 Å². The lowest BCUT2D eigenvalue weighted by molar-refractivity contribution is 0.0690. The first-order valence-electron chi connectivity index (χ1n) is 6.04. The summed E-state index contributed by atoms with van der Waals surface area (Å²) < 4.78 is 25.3. The number of aromatic carboxylic acids is 1. The van der Waals surface area contributed by atoms with E-state index in [4.69, 9.17) is 5.11 Å². The summed E-state index contributed by atoms with van der Waals surface area (Å²) in [6.07, 6.45) is 1.41. The van der Waals surface area contributed by atoms with Gasteiger partial charge < -0.3 is 5.11 Å². The molecule has 0 fully saturated rings. The Labute approximate surface area is 122 Å². The summed E-state index contributed by atoms with van der Waals surface area (Å²) in [5, 5.41) is 8.81. The van der Waals surface area contributed by atoms with E-state index in [0.717, 1.165) is 4.31 Å². The number of rotatable bonds is 4. The quantitative estimate of drug-likeness (QED) is 0.929. The summed E-state index contributed by atoms with van der Waals surface area (Å²) >= 11 is 0. The van der Waals surface area contributed by atoms with Crippen LogP contribution in [0.1, 0.15) is 10.5 Å². The van der Waals surface area contributed by atoms with Crippen LogP contribution < -0.4 is 0 Å². The third-order valence-corrected chi connectivity index (χ3v) is 4.74. The van der Waals surface area contributed by atoms with Crippen LogP contribution in [0.4, 0.5) is 0 Å². The van der Waals surface area contributed by atoms with Crippen molar-refractivity contribution in [1.82, 2.24) is 9.29 Å². The number of hydrogen-bond donors (Lipinski definition) is 1. The molecule has 0 radical (unpaired) electrons. The van der Waals surface area contributed by atoms with Gasteiger partial charge in [-0.2, -0.15) is 0 Å². The van der Waals surface area contributed by atoms with Gasteiger partial charge in [-0.1, -0.05) is 18.2 Å². The maximum atomic E-state index is 12.1. The fourth-order valence-electron chi connectivity index (χ4n) is 1.74. The second kappa shape index (κ2) is 5.63. The van der Waals surface area contributed by atoms with Crippen LogP contribution in [0.3, 0.4) is 0 Å². The van der Waals surface area contributed by atoms with Crippen molar-refractivity contribution in [3.63, 3.8) is 0 Å². The second-order valence-corrected chi connectivity index (χ2v) is 6.70. The Hall–Kier alpha value is -2.25. The molecule has 0 aliphatic heterocycles. The smallest absolute Gasteiger partial charge is 0.354 e. The summed E-state index contributed by atoms with van der Waals surface area (Å²) in [7, 11) is -0.583. The van der Waals surface area contributed by atoms with E-state index in [9.17, 15) is 13.2 Å². The number of sulfonamides is 1. The molecule has 0 atom stereocenters. The van der Waals surface area contributed by atoms with E-state index in [0.29, 0.717) is 11.1 Å². The maximum Gasteiger partial charge on any atom is 0.354 e. The Morgan fingerprint density at radius 1 is 1.14 bits per heavy atom. The molecule has 2 aromatic rings. The van der Waals surface area contributed by atoms with E-state index in [1.165, 1.54) is 38.5 Å². The highest BCUT2D eigenvalue weighted by Crippen LogP contribution is 2.23. The average Bonchev–Trinajstić information content (AvgIpc) is 2.47. The molecule has 0 spiro atoms. The van der Waals surface area contributed by atoms with E-state index < -0.39 is 16.0 Å². The molecular weight excluding hydrogens is 292 g/mol. The van der Waals surface area contributed by atoms with Gasteiger partial charge in [0, 0.05) is 25.9 Å². The predicted molar refractivity (Wildman–Crippen MR) is 77.5 cm³/mol. The third-order valence-electron chi connectivity index (χ3n) is 2.93. The molecule has 2 rings (SSSR count). The van der Waals surface area contributed by atoms with Crippen LogP contribution in [0.15, 0.2) is 47.5 Å².